The summed E-state index contributed by atoms with van der Waals surface area (Å²) in [6, 6.07) is 8.12. The molecular formula is C18H20ClN3O3S. The quantitative estimate of drug-likeness (QED) is 0.814. The Labute approximate surface area is 157 Å². The number of halogens is 1. The molecule has 2 aromatic rings. The van der Waals surface area contributed by atoms with Crippen molar-refractivity contribution >= 4 is 27.3 Å². The Morgan fingerprint density at radius 2 is 1.92 bits per heavy atom. The van der Waals surface area contributed by atoms with Crippen LogP contribution in [0.1, 0.15) is 41.6 Å². The van der Waals surface area contributed by atoms with E-state index in [1.54, 1.807) is 24.3 Å². The van der Waals surface area contributed by atoms with Crippen LogP contribution in [0.4, 0.5) is 0 Å². The second-order valence-corrected chi connectivity index (χ2v) is 9.10. The van der Waals surface area contributed by atoms with E-state index < -0.39 is 15.7 Å². The average Bonchev–Trinajstić information content (AvgIpc) is 3.13. The first kappa shape index (κ1) is 18.7. The van der Waals surface area contributed by atoms with Crippen molar-refractivity contribution in [1.82, 2.24) is 4.57 Å². The fourth-order valence-corrected chi connectivity index (χ4v) is 5.70. The largest absolute Gasteiger partial charge is 0.365 e. The molecule has 6 nitrogen and oxygen atoms in total. The normalized spacial score (nSPS) is 15.3. The van der Waals surface area contributed by atoms with Crippen LogP contribution in [0.2, 0.25) is 5.02 Å². The Balaban J connectivity index is 2.05. The van der Waals surface area contributed by atoms with Gasteiger partial charge >= 0.3 is 0 Å². The Hall–Kier alpha value is -2.12. The van der Waals surface area contributed by atoms with Gasteiger partial charge in [0.15, 0.2) is 9.84 Å². The first-order chi connectivity index (χ1) is 12.3. The standard InChI is InChI=1S/C18H20ClN3O3S/c19-13-9-15(18(21)23)17(20)22(11-13)10-12-5-1-4-8-16(12)26(24,25)14-6-2-3-7-14/h1,4-5,8-9,11,14,20H,2-3,6-7,10H2,(H2,21,23). The summed E-state index contributed by atoms with van der Waals surface area (Å²) in [5.41, 5.74) is 5.76. The Morgan fingerprint density at radius 3 is 2.58 bits per heavy atom. The van der Waals surface area contributed by atoms with Gasteiger partial charge in [0, 0.05) is 6.20 Å². The van der Waals surface area contributed by atoms with Crippen molar-refractivity contribution in [1.29, 1.82) is 5.41 Å². The molecule has 1 aliphatic rings. The molecule has 8 heteroatoms. The third-order valence-electron chi connectivity index (χ3n) is 4.73. The summed E-state index contributed by atoms with van der Waals surface area (Å²) in [6.07, 6.45) is 4.70. The number of rotatable bonds is 5. The van der Waals surface area contributed by atoms with Gasteiger partial charge in [0.2, 0.25) is 0 Å². The summed E-state index contributed by atoms with van der Waals surface area (Å²) in [7, 11) is -3.44. The highest BCUT2D eigenvalue weighted by Crippen LogP contribution is 2.31. The summed E-state index contributed by atoms with van der Waals surface area (Å²) >= 11 is 6.04. The van der Waals surface area contributed by atoms with E-state index in [1.807, 2.05) is 0 Å². The van der Waals surface area contributed by atoms with Gasteiger partial charge in [0.25, 0.3) is 5.91 Å². The van der Waals surface area contributed by atoms with Gasteiger partial charge < -0.3 is 10.3 Å². The Kier molecular flexibility index (Phi) is 5.20. The lowest BCUT2D eigenvalue weighted by Gasteiger charge is -2.17. The van der Waals surface area contributed by atoms with Crippen LogP contribution in [0.3, 0.4) is 0 Å². The van der Waals surface area contributed by atoms with E-state index in [-0.39, 0.29) is 32.8 Å². The number of pyridine rings is 1. The minimum atomic E-state index is -3.44. The van der Waals surface area contributed by atoms with Gasteiger partial charge in [-0.3, -0.25) is 10.2 Å². The number of nitrogens with one attached hydrogen (secondary N) is 1. The highest BCUT2D eigenvalue weighted by Gasteiger charge is 2.31. The number of carbonyl (C=O) groups is 1. The van der Waals surface area contributed by atoms with Gasteiger partial charge in [-0.2, -0.15) is 0 Å². The summed E-state index contributed by atoms with van der Waals surface area (Å²) in [6.45, 7) is 0.113. The number of hydrogen-bond acceptors (Lipinski definition) is 4. The number of sulfone groups is 1. The van der Waals surface area contributed by atoms with Gasteiger partial charge in [-0.25, -0.2) is 8.42 Å². The molecular weight excluding hydrogens is 374 g/mol. The van der Waals surface area contributed by atoms with Gasteiger partial charge in [0.1, 0.15) is 5.49 Å². The average molecular weight is 394 g/mol. The van der Waals surface area contributed by atoms with Crippen molar-refractivity contribution in [3.63, 3.8) is 0 Å². The zero-order chi connectivity index (χ0) is 18.9. The zero-order valence-electron chi connectivity index (χ0n) is 14.1. The lowest BCUT2D eigenvalue weighted by Crippen LogP contribution is -2.30. The van der Waals surface area contributed by atoms with Crippen molar-refractivity contribution in [2.45, 2.75) is 42.4 Å². The zero-order valence-corrected chi connectivity index (χ0v) is 15.7. The highest BCUT2D eigenvalue weighted by atomic mass is 35.5. The van der Waals surface area contributed by atoms with Crippen LogP contribution in [0.25, 0.3) is 0 Å². The molecule has 138 valence electrons. The molecule has 1 saturated carbocycles. The molecule has 1 fully saturated rings. The number of aromatic nitrogens is 1. The second kappa shape index (κ2) is 7.25. The third-order valence-corrected chi connectivity index (χ3v) is 7.30. The molecule has 3 rings (SSSR count). The van der Waals surface area contributed by atoms with Crippen LogP contribution < -0.4 is 11.2 Å². The van der Waals surface area contributed by atoms with Crippen LogP contribution in [-0.2, 0) is 16.4 Å². The van der Waals surface area contributed by atoms with E-state index in [4.69, 9.17) is 22.7 Å². The van der Waals surface area contributed by atoms with Crippen molar-refractivity contribution in [2.75, 3.05) is 0 Å². The third kappa shape index (κ3) is 3.54. The first-order valence-corrected chi connectivity index (χ1v) is 10.3. The van der Waals surface area contributed by atoms with Crippen LogP contribution in [-0.4, -0.2) is 24.1 Å². The van der Waals surface area contributed by atoms with E-state index >= 15 is 0 Å². The number of benzene rings is 1. The molecule has 3 N–H and O–H groups in total. The van der Waals surface area contributed by atoms with E-state index in [0.717, 1.165) is 12.8 Å². The molecule has 0 bridgehead atoms. The van der Waals surface area contributed by atoms with Crippen LogP contribution in [0.5, 0.6) is 0 Å². The molecule has 1 aliphatic carbocycles. The molecule has 0 unspecified atom stereocenters. The number of carbonyl (C=O) groups excluding carboxylic acids is 1. The number of nitrogens with two attached hydrogens (primary N) is 1. The maximum Gasteiger partial charge on any atom is 0.252 e. The lowest BCUT2D eigenvalue weighted by atomic mass is 10.2. The molecule has 0 spiro atoms. The minimum absolute atomic E-state index is 0.00590. The topological polar surface area (TPSA) is 106 Å². The van der Waals surface area contributed by atoms with Crippen LogP contribution in [0.15, 0.2) is 41.4 Å². The number of hydrogen-bond donors (Lipinski definition) is 2. The summed E-state index contributed by atoms with van der Waals surface area (Å²) in [5.74, 6) is -0.752. The Bertz CT molecular complexity index is 1010. The molecule has 26 heavy (non-hydrogen) atoms. The van der Waals surface area contributed by atoms with Gasteiger partial charge in [-0.1, -0.05) is 42.6 Å². The van der Waals surface area contributed by atoms with E-state index in [2.05, 4.69) is 0 Å². The first-order valence-electron chi connectivity index (χ1n) is 8.37. The van der Waals surface area contributed by atoms with Gasteiger partial charge in [-0.15, -0.1) is 0 Å². The van der Waals surface area contributed by atoms with Crippen LogP contribution in [0, 0.1) is 5.41 Å². The Morgan fingerprint density at radius 1 is 1.27 bits per heavy atom. The predicted octanol–water partition coefficient (Wildman–Crippen LogP) is 2.48. The second-order valence-electron chi connectivity index (χ2n) is 6.47. The fraction of sp³-hybridized carbons (Fsp3) is 0.333. The summed E-state index contributed by atoms with van der Waals surface area (Å²) in [5, 5.41) is 8.07. The molecule has 1 aromatic carbocycles. The molecule has 0 atom stereocenters. The molecule has 1 amide bonds. The number of nitrogens with zero attached hydrogens (tertiary/aromatic N) is 1. The van der Waals surface area contributed by atoms with Crippen molar-refractivity contribution < 1.29 is 13.2 Å². The van der Waals surface area contributed by atoms with E-state index in [9.17, 15) is 13.2 Å². The highest BCUT2D eigenvalue weighted by molar-refractivity contribution is 7.92. The van der Waals surface area contributed by atoms with E-state index in [1.165, 1.54) is 16.8 Å². The minimum Gasteiger partial charge on any atom is -0.365 e. The molecule has 0 aliphatic heterocycles. The molecule has 1 heterocycles. The van der Waals surface area contributed by atoms with Crippen molar-refractivity contribution in [3.05, 3.63) is 58.2 Å². The SMILES string of the molecule is N=c1c(C(N)=O)cc(Cl)cn1Cc1ccccc1S(=O)(=O)C1CCCC1. The van der Waals surface area contributed by atoms with E-state index in [0.29, 0.717) is 18.4 Å². The summed E-state index contributed by atoms with van der Waals surface area (Å²) < 4.78 is 27.5. The number of primary amides is 1. The van der Waals surface area contributed by atoms with Gasteiger partial charge in [0.05, 0.1) is 27.3 Å². The van der Waals surface area contributed by atoms with Gasteiger partial charge in [-0.05, 0) is 30.5 Å². The molecule has 0 radical (unpaired) electrons. The monoisotopic (exact) mass is 393 g/mol. The van der Waals surface area contributed by atoms with Crippen LogP contribution >= 0.6 is 11.6 Å². The lowest BCUT2D eigenvalue weighted by molar-refractivity contribution is 0.0997. The number of amides is 1. The van der Waals surface area contributed by atoms with Crippen molar-refractivity contribution in [2.24, 2.45) is 5.73 Å². The maximum atomic E-state index is 13.0. The van der Waals surface area contributed by atoms with Crippen molar-refractivity contribution in [3.8, 4) is 0 Å². The molecule has 1 aromatic heterocycles. The smallest absolute Gasteiger partial charge is 0.252 e. The maximum absolute atomic E-state index is 13.0. The molecule has 0 saturated heterocycles. The predicted molar refractivity (Wildman–Crippen MR) is 98.8 cm³/mol. The summed E-state index contributed by atoms with van der Waals surface area (Å²) in [4.78, 5) is 11.8. The fourth-order valence-electron chi connectivity index (χ4n) is 3.40.